The van der Waals surface area contributed by atoms with Crippen molar-refractivity contribution in [1.82, 2.24) is 14.1 Å². The van der Waals surface area contributed by atoms with Gasteiger partial charge in [-0.1, -0.05) is 49.4 Å². The van der Waals surface area contributed by atoms with E-state index in [1.54, 1.807) is 0 Å². The third-order valence-electron chi connectivity index (χ3n) is 3.49. The van der Waals surface area contributed by atoms with Crippen LogP contribution in [0, 0.1) is 0 Å². The zero-order valence-electron chi connectivity index (χ0n) is 11.4. The Kier molecular flexibility index (Phi) is 4.04. The number of aromatic nitrogens is 2. The number of nitrogens with zero attached hydrogens (tertiary/aromatic N) is 2. The molecule has 1 aromatic heterocycles. The zero-order chi connectivity index (χ0) is 13.8. The molecule has 102 valence electrons. The molecular formula is C16H17N3S. The summed E-state index contributed by atoms with van der Waals surface area (Å²) in [6.07, 6.45) is 2.80. The molecule has 20 heavy (non-hydrogen) atoms. The Bertz CT molecular complexity index is 674. The highest BCUT2D eigenvalue weighted by molar-refractivity contribution is 6.99. The number of likely N-dealkylation sites (N-methyl/N-ethyl adjacent to an activating group) is 1. The van der Waals surface area contributed by atoms with Crippen LogP contribution in [0.2, 0.25) is 0 Å². The van der Waals surface area contributed by atoms with E-state index < -0.39 is 0 Å². The average molecular weight is 283 g/mol. The summed E-state index contributed by atoms with van der Waals surface area (Å²) in [6, 6.07) is 15.2. The third-order valence-corrected chi connectivity index (χ3v) is 3.98. The number of fused-ring (bicyclic) bond motifs is 1. The SMILES string of the molecule is CCNC(Cc1cccc2ccccc12)c1cnsn1. The van der Waals surface area contributed by atoms with E-state index in [0.29, 0.717) is 0 Å². The lowest BCUT2D eigenvalue weighted by Gasteiger charge is -2.16. The van der Waals surface area contributed by atoms with E-state index in [0.717, 1.165) is 18.7 Å². The minimum atomic E-state index is 0.226. The van der Waals surface area contributed by atoms with Crippen LogP contribution >= 0.6 is 11.7 Å². The van der Waals surface area contributed by atoms with Gasteiger partial charge in [-0.05, 0) is 29.3 Å². The molecule has 3 nitrogen and oxygen atoms in total. The van der Waals surface area contributed by atoms with E-state index in [2.05, 4.69) is 63.5 Å². The normalized spacial score (nSPS) is 12.7. The van der Waals surface area contributed by atoms with Crippen LogP contribution in [0.5, 0.6) is 0 Å². The summed E-state index contributed by atoms with van der Waals surface area (Å²) >= 11 is 1.27. The monoisotopic (exact) mass is 283 g/mol. The standard InChI is InChI=1S/C16H17N3S/c1-2-17-15(16-11-18-20-19-16)10-13-8-5-7-12-6-3-4-9-14(12)13/h3-9,11,15,17H,2,10H2,1H3. The maximum atomic E-state index is 4.38. The van der Waals surface area contributed by atoms with Gasteiger partial charge in [0.2, 0.25) is 0 Å². The lowest BCUT2D eigenvalue weighted by Crippen LogP contribution is -2.23. The molecule has 3 rings (SSSR count). The first-order valence-electron chi connectivity index (χ1n) is 6.86. The Morgan fingerprint density at radius 1 is 1.15 bits per heavy atom. The molecule has 4 heteroatoms. The topological polar surface area (TPSA) is 37.8 Å². The van der Waals surface area contributed by atoms with E-state index in [9.17, 15) is 0 Å². The highest BCUT2D eigenvalue weighted by atomic mass is 32.1. The minimum Gasteiger partial charge on any atom is -0.309 e. The molecule has 0 fully saturated rings. The van der Waals surface area contributed by atoms with Gasteiger partial charge in [-0.3, -0.25) is 0 Å². The fourth-order valence-electron chi connectivity index (χ4n) is 2.54. The van der Waals surface area contributed by atoms with Crippen LogP contribution in [-0.2, 0) is 6.42 Å². The summed E-state index contributed by atoms with van der Waals surface area (Å²) in [6.45, 7) is 3.04. The van der Waals surface area contributed by atoms with Crippen molar-refractivity contribution in [2.75, 3.05) is 6.54 Å². The number of hydrogen-bond acceptors (Lipinski definition) is 4. The lowest BCUT2D eigenvalue weighted by atomic mass is 9.97. The van der Waals surface area contributed by atoms with E-state index >= 15 is 0 Å². The van der Waals surface area contributed by atoms with Crippen LogP contribution in [0.15, 0.2) is 48.7 Å². The van der Waals surface area contributed by atoms with Crippen molar-refractivity contribution in [3.05, 3.63) is 59.9 Å². The highest BCUT2D eigenvalue weighted by Gasteiger charge is 2.15. The molecule has 0 amide bonds. The zero-order valence-corrected chi connectivity index (χ0v) is 12.2. The van der Waals surface area contributed by atoms with E-state index in [1.165, 1.54) is 28.1 Å². The number of hydrogen-bond donors (Lipinski definition) is 1. The number of rotatable bonds is 5. The summed E-state index contributed by atoms with van der Waals surface area (Å²) < 4.78 is 8.50. The van der Waals surface area contributed by atoms with Gasteiger partial charge in [-0.25, -0.2) is 0 Å². The van der Waals surface area contributed by atoms with Crippen molar-refractivity contribution in [3.8, 4) is 0 Å². The van der Waals surface area contributed by atoms with Crippen LogP contribution in [-0.4, -0.2) is 15.3 Å². The molecule has 1 N–H and O–H groups in total. The summed E-state index contributed by atoms with van der Waals surface area (Å²) in [5.41, 5.74) is 2.38. The Hall–Kier alpha value is -1.78. The summed E-state index contributed by atoms with van der Waals surface area (Å²) in [5.74, 6) is 0. The highest BCUT2D eigenvalue weighted by Crippen LogP contribution is 2.24. The summed E-state index contributed by atoms with van der Waals surface area (Å²) in [5, 5.41) is 6.11. The predicted octanol–water partition coefficient (Wildman–Crippen LogP) is 3.58. The fourth-order valence-corrected chi connectivity index (χ4v) is 3.01. The molecule has 1 heterocycles. The maximum Gasteiger partial charge on any atom is 0.0915 e. The van der Waals surface area contributed by atoms with Gasteiger partial charge in [-0.15, -0.1) is 0 Å². The van der Waals surface area contributed by atoms with Crippen LogP contribution in [0.1, 0.15) is 24.2 Å². The van der Waals surface area contributed by atoms with Crippen LogP contribution in [0.4, 0.5) is 0 Å². The molecular weight excluding hydrogens is 266 g/mol. The van der Waals surface area contributed by atoms with Gasteiger partial charge < -0.3 is 5.32 Å². The van der Waals surface area contributed by atoms with Gasteiger partial charge >= 0.3 is 0 Å². The Balaban J connectivity index is 1.94. The second-order valence-electron chi connectivity index (χ2n) is 4.78. The van der Waals surface area contributed by atoms with E-state index in [-0.39, 0.29) is 6.04 Å². The van der Waals surface area contributed by atoms with Crippen molar-refractivity contribution in [3.63, 3.8) is 0 Å². The maximum absolute atomic E-state index is 4.38. The number of nitrogens with one attached hydrogen (secondary N) is 1. The lowest BCUT2D eigenvalue weighted by molar-refractivity contribution is 0.541. The Morgan fingerprint density at radius 3 is 2.80 bits per heavy atom. The smallest absolute Gasteiger partial charge is 0.0915 e. The first-order chi connectivity index (χ1) is 9.88. The van der Waals surface area contributed by atoms with Gasteiger partial charge in [-0.2, -0.15) is 8.75 Å². The molecule has 0 saturated carbocycles. The summed E-state index contributed by atoms with van der Waals surface area (Å²) in [4.78, 5) is 0. The van der Waals surface area contributed by atoms with Gasteiger partial charge in [0.25, 0.3) is 0 Å². The van der Waals surface area contributed by atoms with Gasteiger partial charge in [0.05, 0.1) is 29.7 Å². The predicted molar refractivity (Wildman–Crippen MR) is 84.0 cm³/mol. The average Bonchev–Trinajstić information content (AvgIpc) is 3.01. The first kappa shape index (κ1) is 13.2. The molecule has 0 spiro atoms. The Labute approximate surface area is 123 Å². The third kappa shape index (κ3) is 2.71. The van der Waals surface area contributed by atoms with Crippen molar-refractivity contribution in [1.29, 1.82) is 0 Å². The van der Waals surface area contributed by atoms with E-state index in [4.69, 9.17) is 0 Å². The Morgan fingerprint density at radius 2 is 2.00 bits per heavy atom. The molecule has 0 aliphatic rings. The van der Waals surface area contributed by atoms with Gasteiger partial charge in [0.1, 0.15) is 0 Å². The molecule has 2 aromatic carbocycles. The van der Waals surface area contributed by atoms with Gasteiger partial charge in [0.15, 0.2) is 0 Å². The first-order valence-corrected chi connectivity index (χ1v) is 7.59. The van der Waals surface area contributed by atoms with Crippen molar-refractivity contribution < 1.29 is 0 Å². The second-order valence-corrected chi connectivity index (χ2v) is 5.34. The minimum absolute atomic E-state index is 0.226. The fraction of sp³-hybridized carbons (Fsp3) is 0.250. The second kappa shape index (κ2) is 6.11. The van der Waals surface area contributed by atoms with Crippen molar-refractivity contribution in [2.24, 2.45) is 0 Å². The molecule has 0 aliphatic carbocycles. The molecule has 1 atom stereocenters. The molecule has 0 radical (unpaired) electrons. The molecule has 1 unspecified atom stereocenters. The van der Waals surface area contributed by atoms with Crippen LogP contribution < -0.4 is 5.32 Å². The van der Waals surface area contributed by atoms with Crippen LogP contribution in [0.25, 0.3) is 10.8 Å². The molecule has 0 bridgehead atoms. The largest absolute Gasteiger partial charge is 0.309 e. The summed E-state index contributed by atoms with van der Waals surface area (Å²) in [7, 11) is 0. The molecule has 0 aliphatic heterocycles. The molecule has 0 saturated heterocycles. The quantitative estimate of drug-likeness (QED) is 0.777. The van der Waals surface area contributed by atoms with E-state index in [1.807, 2.05) is 6.20 Å². The van der Waals surface area contributed by atoms with Crippen molar-refractivity contribution in [2.45, 2.75) is 19.4 Å². The number of benzene rings is 2. The molecule has 3 aromatic rings. The van der Waals surface area contributed by atoms with Crippen LogP contribution in [0.3, 0.4) is 0 Å². The van der Waals surface area contributed by atoms with Gasteiger partial charge in [0, 0.05) is 0 Å². The van der Waals surface area contributed by atoms with Crippen molar-refractivity contribution >= 4 is 22.5 Å².